The summed E-state index contributed by atoms with van der Waals surface area (Å²) in [5, 5.41) is 19.1. The van der Waals surface area contributed by atoms with E-state index in [1.54, 1.807) is 54.7 Å². The predicted octanol–water partition coefficient (Wildman–Crippen LogP) is 1.43. The van der Waals surface area contributed by atoms with E-state index >= 15 is 0 Å². The number of anilines is 2. The first-order chi connectivity index (χ1) is 17.3. The number of carboxylic acid groups (broad SMARTS) is 1. The third-order valence-corrected chi connectivity index (χ3v) is 4.66. The highest BCUT2D eigenvalue weighted by molar-refractivity contribution is 5.96. The Labute approximate surface area is 205 Å². The predicted molar refractivity (Wildman–Crippen MR) is 125 cm³/mol. The van der Waals surface area contributed by atoms with Gasteiger partial charge in [0.25, 0.3) is 5.91 Å². The van der Waals surface area contributed by atoms with Crippen molar-refractivity contribution < 1.29 is 33.4 Å². The first-order valence-corrected chi connectivity index (χ1v) is 10.7. The molecule has 0 spiro atoms. The molecule has 2 aromatic heterocycles. The smallest absolute Gasteiger partial charge is 0.408 e. The van der Waals surface area contributed by atoms with Gasteiger partial charge in [0, 0.05) is 12.7 Å². The van der Waals surface area contributed by atoms with Crippen LogP contribution in [0.3, 0.4) is 0 Å². The number of nitrogens with one attached hydrogen (secondary N) is 4. The van der Waals surface area contributed by atoms with Crippen LogP contribution in [-0.2, 0) is 20.9 Å². The van der Waals surface area contributed by atoms with Crippen LogP contribution in [0.4, 0.5) is 16.6 Å². The summed E-state index contributed by atoms with van der Waals surface area (Å²) in [6.45, 7) is 0.921. The summed E-state index contributed by atoms with van der Waals surface area (Å²) in [7, 11) is 0. The Morgan fingerprint density at radius 2 is 1.81 bits per heavy atom. The summed E-state index contributed by atoms with van der Waals surface area (Å²) >= 11 is 0. The maximum absolute atomic E-state index is 12.4. The third-order valence-electron chi connectivity index (χ3n) is 4.66. The lowest BCUT2D eigenvalue weighted by atomic mass is 10.2. The summed E-state index contributed by atoms with van der Waals surface area (Å²) in [5.74, 6) is -2.28. The number of aliphatic carboxylic acids is 1. The van der Waals surface area contributed by atoms with E-state index < -0.39 is 42.5 Å². The van der Waals surface area contributed by atoms with Crippen LogP contribution < -0.4 is 21.3 Å². The molecule has 3 amide bonds. The van der Waals surface area contributed by atoms with Crippen LogP contribution in [-0.4, -0.2) is 57.6 Å². The second-order valence-electron chi connectivity index (χ2n) is 7.42. The molecule has 3 aromatic rings. The van der Waals surface area contributed by atoms with E-state index in [1.807, 2.05) is 0 Å². The molecule has 13 nitrogen and oxygen atoms in total. The van der Waals surface area contributed by atoms with Crippen molar-refractivity contribution in [3.8, 4) is 0 Å². The molecule has 5 N–H and O–H groups in total. The number of benzene rings is 1. The summed E-state index contributed by atoms with van der Waals surface area (Å²) in [6, 6.07) is 11.5. The maximum atomic E-state index is 12.4. The van der Waals surface area contributed by atoms with Gasteiger partial charge in [-0.2, -0.15) is 4.98 Å². The standard InChI is InChI=1S/C23H24N6O7/c1-14(26-20(31)17-13-35-22(27-17)29-18-9-5-6-10-24-18)19(30)25-11-16(21(32)33)28-23(34)36-12-15-7-3-2-4-8-15/h2-10,13-14,16H,11-12H2,1H3,(H,25,30)(H,26,31)(H,28,34)(H,32,33)(H,24,27,29). The van der Waals surface area contributed by atoms with Gasteiger partial charge in [-0.15, -0.1) is 0 Å². The van der Waals surface area contributed by atoms with Crippen molar-refractivity contribution in [1.82, 2.24) is 25.9 Å². The number of oxazole rings is 1. The molecule has 0 saturated carbocycles. The van der Waals surface area contributed by atoms with Crippen LogP contribution in [0.25, 0.3) is 0 Å². The lowest BCUT2D eigenvalue weighted by molar-refractivity contribution is -0.139. The number of alkyl carbamates (subject to hydrolysis) is 1. The Hall–Kier alpha value is -4.94. The topological polar surface area (TPSA) is 185 Å². The minimum atomic E-state index is -1.45. The molecular formula is C23H24N6O7. The van der Waals surface area contributed by atoms with Crippen molar-refractivity contribution in [2.75, 3.05) is 11.9 Å². The molecule has 1 aromatic carbocycles. The van der Waals surface area contributed by atoms with E-state index in [4.69, 9.17) is 9.15 Å². The number of hydrogen-bond donors (Lipinski definition) is 5. The minimum Gasteiger partial charge on any atom is -0.480 e. The average Bonchev–Trinajstić information content (AvgIpc) is 3.34. The first-order valence-electron chi connectivity index (χ1n) is 10.7. The number of rotatable bonds is 11. The lowest BCUT2D eigenvalue weighted by Crippen LogP contribution is -2.52. The van der Waals surface area contributed by atoms with E-state index in [2.05, 4.69) is 31.2 Å². The molecule has 3 rings (SSSR count). The quantitative estimate of drug-likeness (QED) is 0.260. The van der Waals surface area contributed by atoms with Crippen molar-refractivity contribution in [2.24, 2.45) is 0 Å². The molecule has 0 saturated heterocycles. The highest BCUT2D eigenvalue weighted by atomic mass is 16.5. The minimum absolute atomic E-state index is 0.0329. The van der Waals surface area contributed by atoms with Crippen LogP contribution in [0, 0.1) is 0 Å². The van der Waals surface area contributed by atoms with E-state index in [1.165, 1.54) is 6.92 Å². The number of carbonyl (C=O) groups excluding carboxylic acids is 3. The summed E-state index contributed by atoms with van der Waals surface area (Å²) in [4.78, 5) is 56.2. The Morgan fingerprint density at radius 1 is 1.06 bits per heavy atom. The molecule has 2 unspecified atom stereocenters. The van der Waals surface area contributed by atoms with Gasteiger partial charge < -0.3 is 30.2 Å². The van der Waals surface area contributed by atoms with Gasteiger partial charge in [0.15, 0.2) is 5.69 Å². The zero-order chi connectivity index (χ0) is 25.9. The van der Waals surface area contributed by atoms with Gasteiger partial charge >= 0.3 is 18.1 Å². The van der Waals surface area contributed by atoms with Gasteiger partial charge in [0.1, 0.15) is 30.8 Å². The van der Waals surface area contributed by atoms with Crippen LogP contribution in [0.15, 0.2) is 65.4 Å². The number of pyridine rings is 1. The molecule has 0 aliphatic rings. The Morgan fingerprint density at radius 3 is 2.50 bits per heavy atom. The highest BCUT2D eigenvalue weighted by Crippen LogP contribution is 2.13. The maximum Gasteiger partial charge on any atom is 0.408 e. The molecule has 13 heteroatoms. The van der Waals surface area contributed by atoms with Crippen molar-refractivity contribution >= 4 is 35.7 Å². The lowest BCUT2D eigenvalue weighted by Gasteiger charge is -2.17. The van der Waals surface area contributed by atoms with Gasteiger partial charge in [-0.05, 0) is 24.6 Å². The van der Waals surface area contributed by atoms with Crippen molar-refractivity contribution in [1.29, 1.82) is 0 Å². The fourth-order valence-electron chi connectivity index (χ4n) is 2.78. The average molecular weight is 496 g/mol. The van der Waals surface area contributed by atoms with E-state index in [0.717, 1.165) is 11.8 Å². The van der Waals surface area contributed by atoms with Gasteiger partial charge in [0.05, 0.1) is 0 Å². The third kappa shape index (κ3) is 7.83. The fraction of sp³-hybridized carbons (Fsp3) is 0.217. The Balaban J connectivity index is 1.44. The van der Waals surface area contributed by atoms with Crippen molar-refractivity contribution in [3.63, 3.8) is 0 Å². The number of hydrogen-bond acceptors (Lipinski definition) is 9. The van der Waals surface area contributed by atoms with Gasteiger partial charge in [0.2, 0.25) is 5.91 Å². The van der Waals surface area contributed by atoms with Crippen molar-refractivity contribution in [3.05, 3.63) is 72.2 Å². The van der Waals surface area contributed by atoms with Gasteiger partial charge in [-0.3, -0.25) is 14.9 Å². The Bertz CT molecular complexity index is 1190. The summed E-state index contributed by atoms with van der Waals surface area (Å²) < 4.78 is 10.2. The molecule has 0 aliphatic carbocycles. The largest absolute Gasteiger partial charge is 0.480 e. The van der Waals surface area contributed by atoms with Crippen LogP contribution in [0.2, 0.25) is 0 Å². The van der Waals surface area contributed by atoms with Gasteiger partial charge in [-0.25, -0.2) is 14.6 Å². The number of carbonyl (C=O) groups is 4. The second-order valence-corrected chi connectivity index (χ2v) is 7.42. The van der Waals surface area contributed by atoms with Crippen LogP contribution in [0.5, 0.6) is 0 Å². The van der Waals surface area contributed by atoms with E-state index in [-0.39, 0.29) is 18.3 Å². The SMILES string of the molecule is CC(NC(=O)c1coc(Nc2ccccn2)n1)C(=O)NCC(NC(=O)OCc1ccccc1)C(=O)O. The molecular weight excluding hydrogens is 472 g/mol. The van der Waals surface area contributed by atoms with Gasteiger partial charge in [-0.1, -0.05) is 36.4 Å². The molecule has 0 bridgehead atoms. The molecule has 36 heavy (non-hydrogen) atoms. The zero-order valence-corrected chi connectivity index (χ0v) is 19.1. The molecule has 2 heterocycles. The monoisotopic (exact) mass is 496 g/mol. The van der Waals surface area contributed by atoms with Crippen LogP contribution in [0.1, 0.15) is 23.0 Å². The number of carboxylic acids is 1. The number of aromatic nitrogens is 2. The molecule has 0 radical (unpaired) electrons. The molecule has 2 atom stereocenters. The highest BCUT2D eigenvalue weighted by Gasteiger charge is 2.24. The number of amides is 3. The molecule has 0 fully saturated rings. The second kappa shape index (κ2) is 12.5. The van der Waals surface area contributed by atoms with E-state index in [9.17, 15) is 24.3 Å². The normalized spacial score (nSPS) is 12.0. The van der Waals surface area contributed by atoms with Crippen LogP contribution >= 0.6 is 0 Å². The summed E-state index contributed by atoms with van der Waals surface area (Å²) in [5.41, 5.74) is 0.642. The Kier molecular flexibility index (Phi) is 8.92. The number of ether oxygens (including phenoxy) is 1. The zero-order valence-electron chi connectivity index (χ0n) is 19.1. The fourth-order valence-corrected chi connectivity index (χ4v) is 2.78. The first kappa shape index (κ1) is 25.7. The number of nitrogens with zero attached hydrogens (tertiary/aromatic N) is 2. The molecule has 188 valence electrons. The summed E-state index contributed by atoms with van der Waals surface area (Å²) in [6.07, 6.45) is 1.72. The van der Waals surface area contributed by atoms with Crippen molar-refractivity contribution in [2.45, 2.75) is 25.6 Å². The molecule has 0 aliphatic heterocycles. The van der Waals surface area contributed by atoms with E-state index in [0.29, 0.717) is 5.82 Å².